The summed E-state index contributed by atoms with van der Waals surface area (Å²) in [7, 11) is 0. The zero-order chi connectivity index (χ0) is 25.1. The number of thiazole rings is 1. The van der Waals surface area contributed by atoms with Crippen LogP contribution in [0.4, 0.5) is 9.52 Å². The first-order valence-electron chi connectivity index (χ1n) is 12.3. The highest BCUT2D eigenvalue weighted by molar-refractivity contribution is 7.17. The number of carbonyl (C=O) groups is 2. The molecule has 5 rings (SSSR count). The molecule has 1 saturated carbocycles. The summed E-state index contributed by atoms with van der Waals surface area (Å²) in [5.74, 6) is -0.793. The minimum absolute atomic E-state index is 0.131. The quantitative estimate of drug-likeness (QED) is 0.540. The van der Waals surface area contributed by atoms with Crippen molar-refractivity contribution in [2.45, 2.75) is 44.6 Å². The molecule has 1 N–H and O–H groups in total. The fourth-order valence-corrected chi connectivity index (χ4v) is 5.74. The Kier molecular flexibility index (Phi) is 7.38. The number of morpholine rings is 1. The number of aromatic nitrogens is 3. The maximum absolute atomic E-state index is 13.9. The topological polar surface area (TPSA) is 106 Å². The Labute approximate surface area is 211 Å². The number of nitrogens with one attached hydrogen (secondary N) is 1. The Morgan fingerprint density at radius 2 is 1.94 bits per heavy atom. The fourth-order valence-electron chi connectivity index (χ4n) is 4.96. The average molecular weight is 514 g/mol. The zero-order valence-corrected chi connectivity index (χ0v) is 20.6. The van der Waals surface area contributed by atoms with Crippen LogP contribution in [-0.2, 0) is 9.53 Å². The highest BCUT2D eigenvalue weighted by atomic mass is 32.1. The van der Waals surface area contributed by atoms with Gasteiger partial charge in [0.1, 0.15) is 16.7 Å². The van der Waals surface area contributed by atoms with Crippen molar-refractivity contribution in [1.29, 1.82) is 0 Å². The first-order chi connectivity index (χ1) is 17.5. The molecule has 1 aliphatic heterocycles. The van der Waals surface area contributed by atoms with E-state index >= 15 is 0 Å². The van der Waals surface area contributed by atoms with Gasteiger partial charge in [-0.25, -0.2) is 14.4 Å². The maximum Gasteiger partial charge on any atom is 0.265 e. The molecule has 1 unspecified atom stereocenters. The molecule has 0 bridgehead atoms. The highest BCUT2D eigenvalue weighted by Crippen LogP contribution is 2.31. The molecule has 2 fully saturated rings. The molecule has 3 aromatic rings. The molecule has 3 heterocycles. The van der Waals surface area contributed by atoms with Gasteiger partial charge in [0, 0.05) is 13.1 Å². The van der Waals surface area contributed by atoms with Crippen LogP contribution in [0.15, 0.2) is 35.5 Å². The minimum Gasteiger partial charge on any atom is -0.378 e. The Morgan fingerprint density at radius 1 is 1.17 bits per heavy atom. The van der Waals surface area contributed by atoms with Crippen LogP contribution in [0.1, 0.15) is 54.2 Å². The molecule has 2 amide bonds. The molecule has 11 heteroatoms. The lowest BCUT2D eigenvalue weighted by Crippen LogP contribution is -2.40. The van der Waals surface area contributed by atoms with Gasteiger partial charge in [-0.3, -0.25) is 19.0 Å². The molecular weight excluding hydrogens is 485 g/mol. The lowest BCUT2D eigenvalue weighted by Gasteiger charge is -2.27. The largest absolute Gasteiger partial charge is 0.378 e. The third kappa shape index (κ3) is 5.31. The van der Waals surface area contributed by atoms with Gasteiger partial charge in [0.25, 0.3) is 11.5 Å². The van der Waals surface area contributed by atoms with Crippen molar-refractivity contribution in [2.75, 3.05) is 31.6 Å². The van der Waals surface area contributed by atoms with Crippen molar-refractivity contribution in [3.8, 4) is 0 Å². The number of rotatable bonds is 6. The SMILES string of the molecule is O=C(Nc1ncc(C(=O)N2CCOCC2)s1)C(CC1CCCCC1)n1cnc2ccc(F)cc2c1=O. The first kappa shape index (κ1) is 24.5. The lowest BCUT2D eigenvalue weighted by molar-refractivity contribution is -0.120. The van der Waals surface area contributed by atoms with Gasteiger partial charge >= 0.3 is 0 Å². The van der Waals surface area contributed by atoms with E-state index in [2.05, 4.69) is 15.3 Å². The van der Waals surface area contributed by atoms with E-state index < -0.39 is 23.3 Å². The third-order valence-corrected chi connectivity index (χ3v) is 7.81. The average Bonchev–Trinajstić information content (AvgIpc) is 3.37. The van der Waals surface area contributed by atoms with Crippen molar-refractivity contribution in [3.63, 3.8) is 0 Å². The monoisotopic (exact) mass is 513 g/mol. The Bertz CT molecular complexity index is 1310. The molecule has 0 spiro atoms. The summed E-state index contributed by atoms with van der Waals surface area (Å²) in [5, 5.41) is 3.23. The molecule has 1 saturated heterocycles. The summed E-state index contributed by atoms with van der Waals surface area (Å²) in [4.78, 5) is 50.2. The molecule has 2 aliphatic rings. The van der Waals surface area contributed by atoms with E-state index in [1.165, 1.54) is 35.6 Å². The summed E-state index contributed by atoms with van der Waals surface area (Å²) < 4.78 is 20.5. The number of ether oxygens (including phenoxy) is 1. The van der Waals surface area contributed by atoms with Gasteiger partial charge in [0.2, 0.25) is 5.91 Å². The number of fused-ring (bicyclic) bond motifs is 1. The number of benzene rings is 1. The number of anilines is 1. The molecule has 190 valence electrons. The van der Waals surface area contributed by atoms with Crippen LogP contribution in [0, 0.1) is 11.7 Å². The predicted molar refractivity (Wildman–Crippen MR) is 134 cm³/mol. The van der Waals surface area contributed by atoms with E-state index in [1.54, 1.807) is 4.90 Å². The highest BCUT2D eigenvalue weighted by Gasteiger charge is 2.29. The van der Waals surface area contributed by atoms with E-state index in [4.69, 9.17) is 4.74 Å². The van der Waals surface area contributed by atoms with Gasteiger partial charge in [-0.1, -0.05) is 43.4 Å². The van der Waals surface area contributed by atoms with Crippen molar-refractivity contribution >= 4 is 39.2 Å². The number of carbonyl (C=O) groups excluding carboxylic acids is 2. The summed E-state index contributed by atoms with van der Waals surface area (Å²) >= 11 is 1.10. The summed E-state index contributed by atoms with van der Waals surface area (Å²) in [6.45, 7) is 2.02. The van der Waals surface area contributed by atoms with Crippen molar-refractivity contribution < 1.29 is 18.7 Å². The number of nitrogens with zero attached hydrogens (tertiary/aromatic N) is 4. The summed E-state index contributed by atoms with van der Waals surface area (Å²) in [5.41, 5.74) is -0.0848. The van der Waals surface area contributed by atoms with Crippen LogP contribution in [0.5, 0.6) is 0 Å². The van der Waals surface area contributed by atoms with Gasteiger partial charge in [0.15, 0.2) is 5.13 Å². The second kappa shape index (κ2) is 10.8. The maximum atomic E-state index is 13.9. The zero-order valence-electron chi connectivity index (χ0n) is 19.8. The molecule has 1 aromatic carbocycles. The van der Waals surface area contributed by atoms with E-state index in [1.807, 2.05) is 0 Å². The second-order valence-corrected chi connectivity index (χ2v) is 10.3. The smallest absolute Gasteiger partial charge is 0.265 e. The van der Waals surface area contributed by atoms with Crippen molar-refractivity contribution in [2.24, 2.45) is 5.92 Å². The van der Waals surface area contributed by atoms with Crippen LogP contribution >= 0.6 is 11.3 Å². The van der Waals surface area contributed by atoms with E-state index in [0.717, 1.165) is 43.1 Å². The minimum atomic E-state index is -0.830. The number of hydrogen-bond acceptors (Lipinski definition) is 7. The van der Waals surface area contributed by atoms with Crippen molar-refractivity contribution in [3.05, 3.63) is 51.8 Å². The number of hydrogen-bond donors (Lipinski definition) is 1. The van der Waals surface area contributed by atoms with Crippen LogP contribution in [0.25, 0.3) is 10.9 Å². The normalized spacial score (nSPS) is 17.8. The van der Waals surface area contributed by atoms with Gasteiger partial charge in [-0.2, -0.15) is 0 Å². The Morgan fingerprint density at radius 3 is 2.72 bits per heavy atom. The Balaban J connectivity index is 1.40. The summed E-state index contributed by atoms with van der Waals surface area (Å²) in [6, 6.07) is 3.03. The van der Waals surface area contributed by atoms with Gasteiger partial charge in [-0.05, 0) is 30.5 Å². The fraction of sp³-hybridized carbons (Fsp3) is 0.480. The van der Waals surface area contributed by atoms with Gasteiger partial charge in [0.05, 0.1) is 36.6 Å². The third-order valence-electron chi connectivity index (χ3n) is 6.91. The number of amides is 2. The van der Waals surface area contributed by atoms with Gasteiger partial charge in [-0.15, -0.1) is 0 Å². The standard InChI is InChI=1S/C25H28FN5O4S/c26-17-6-7-19-18(13-17)23(33)31(15-28-19)20(12-16-4-2-1-3-5-16)22(32)29-25-27-14-21(36-25)24(34)30-8-10-35-11-9-30/h6-7,13-16,20H,1-5,8-12H2,(H,27,29,32). The molecule has 1 aliphatic carbocycles. The predicted octanol–water partition coefficient (Wildman–Crippen LogP) is 3.61. The second-order valence-electron chi connectivity index (χ2n) is 9.30. The van der Waals surface area contributed by atoms with E-state index in [9.17, 15) is 18.8 Å². The van der Waals surface area contributed by atoms with Crippen LogP contribution in [-0.4, -0.2) is 57.6 Å². The molecule has 0 radical (unpaired) electrons. The molecule has 1 atom stereocenters. The van der Waals surface area contributed by atoms with E-state index in [-0.39, 0.29) is 16.4 Å². The molecular formula is C25H28FN5O4S. The van der Waals surface area contributed by atoms with E-state index in [0.29, 0.717) is 49.0 Å². The lowest BCUT2D eigenvalue weighted by atomic mass is 9.84. The molecule has 36 heavy (non-hydrogen) atoms. The Hall–Kier alpha value is -3.18. The van der Waals surface area contributed by atoms with Gasteiger partial charge < -0.3 is 15.0 Å². The summed E-state index contributed by atoms with van der Waals surface area (Å²) in [6.07, 6.45) is 8.63. The molecule has 2 aromatic heterocycles. The number of halogens is 1. The van der Waals surface area contributed by atoms with Crippen molar-refractivity contribution in [1.82, 2.24) is 19.4 Å². The van der Waals surface area contributed by atoms with Crippen LogP contribution < -0.4 is 10.9 Å². The first-order valence-corrected chi connectivity index (χ1v) is 13.1. The molecule has 9 nitrogen and oxygen atoms in total. The van der Waals surface area contributed by atoms with Crippen LogP contribution in [0.2, 0.25) is 0 Å². The van der Waals surface area contributed by atoms with Crippen LogP contribution in [0.3, 0.4) is 0 Å².